The van der Waals surface area contributed by atoms with Gasteiger partial charge in [0.05, 0.1) is 0 Å². The maximum absolute atomic E-state index is 12.7. The summed E-state index contributed by atoms with van der Waals surface area (Å²) < 4.78 is 27.0. The van der Waals surface area contributed by atoms with Gasteiger partial charge in [-0.3, -0.25) is 0 Å². The van der Waals surface area contributed by atoms with Crippen molar-refractivity contribution >= 4 is 15.8 Å². The number of nitrogens with two attached hydrogens (primary N) is 1. The van der Waals surface area contributed by atoms with Crippen molar-refractivity contribution in [1.29, 1.82) is 0 Å². The number of anilines is 1. The summed E-state index contributed by atoms with van der Waals surface area (Å²) >= 11 is 0. The molecule has 1 aliphatic heterocycles. The van der Waals surface area contributed by atoms with Gasteiger partial charge in [0.1, 0.15) is 4.90 Å². The highest BCUT2D eigenvalue weighted by molar-refractivity contribution is 7.89. The molecule has 2 rings (SSSR count). The standard InChI is InChI=1S/C13H22N4O2S/c1-2-11-5-4-9-17(10-7-11)20(18,19)12-6-3-8-15-13(12)16-14/h3,6,8,11H,2,4-5,7,9-10,14H2,1H3,(H,15,16). The first kappa shape index (κ1) is 15.2. The molecule has 6 nitrogen and oxygen atoms in total. The molecule has 3 N–H and O–H groups in total. The molecule has 1 aromatic rings. The fraction of sp³-hybridized carbons (Fsp3) is 0.615. The van der Waals surface area contributed by atoms with Crippen molar-refractivity contribution in [3.05, 3.63) is 18.3 Å². The topological polar surface area (TPSA) is 88.3 Å². The Morgan fingerprint density at radius 1 is 1.45 bits per heavy atom. The predicted molar refractivity (Wildman–Crippen MR) is 78.4 cm³/mol. The van der Waals surface area contributed by atoms with Crippen molar-refractivity contribution in [3.63, 3.8) is 0 Å². The van der Waals surface area contributed by atoms with Crippen LogP contribution in [0.15, 0.2) is 23.2 Å². The number of nitrogens with zero attached hydrogens (tertiary/aromatic N) is 2. The van der Waals surface area contributed by atoms with E-state index in [2.05, 4.69) is 17.3 Å². The second kappa shape index (κ2) is 6.51. The summed E-state index contributed by atoms with van der Waals surface area (Å²) in [5.74, 6) is 6.18. The molecule has 0 aromatic carbocycles. The number of nitrogens with one attached hydrogen (secondary N) is 1. The van der Waals surface area contributed by atoms with Crippen molar-refractivity contribution in [1.82, 2.24) is 9.29 Å². The van der Waals surface area contributed by atoms with E-state index in [-0.39, 0.29) is 10.7 Å². The van der Waals surface area contributed by atoms with Gasteiger partial charge in [0.15, 0.2) is 5.82 Å². The van der Waals surface area contributed by atoms with E-state index < -0.39 is 10.0 Å². The molecule has 7 heteroatoms. The zero-order chi connectivity index (χ0) is 14.6. The van der Waals surface area contributed by atoms with Crippen LogP contribution in [0.4, 0.5) is 5.82 Å². The van der Waals surface area contributed by atoms with Gasteiger partial charge in [0.25, 0.3) is 0 Å². The number of hydrogen-bond acceptors (Lipinski definition) is 5. The molecule has 2 heterocycles. The lowest BCUT2D eigenvalue weighted by Crippen LogP contribution is -2.33. The van der Waals surface area contributed by atoms with Crippen LogP contribution in [0, 0.1) is 5.92 Å². The van der Waals surface area contributed by atoms with Crippen LogP contribution in [0.5, 0.6) is 0 Å². The van der Waals surface area contributed by atoms with Crippen molar-refractivity contribution in [2.45, 2.75) is 37.5 Å². The molecule has 1 unspecified atom stereocenters. The van der Waals surface area contributed by atoms with Gasteiger partial charge in [-0.15, -0.1) is 0 Å². The van der Waals surface area contributed by atoms with E-state index in [1.165, 1.54) is 6.20 Å². The molecule has 1 aliphatic rings. The van der Waals surface area contributed by atoms with E-state index in [9.17, 15) is 8.42 Å². The van der Waals surface area contributed by atoms with Gasteiger partial charge in [-0.1, -0.05) is 13.3 Å². The fourth-order valence-electron chi connectivity index (χ4n) is 2.63. The van der Waals surface area contributed by atoms with Crippen LogP contribution < -0.4 is 11.3 Å². The SMILES string of the molecule is CCC1CCCN(S(=O)(=O)c2cccnc2NN)CC1. The van der Waals surface area contributed by atoms with Gasteiger partial charge in [0, 0.05) is 19.3 Å². The van der Waals surface area contributed by atoms with Gasteiger partial charge >= 0.3 is 0 Å². The Hall–Kier alpha value is -1.18. The second-order valence-electron chi connectivity index (χ2n) is 5.10. The smallest absolute Gasteiger partial charge is 0.246 e. The van der Waals surface area contributed by atoms with Gasteiger partial charge in [-0.25, -0.2) is 19.2 Å². The van der Waals surface area contributed by atoms with Crippen LogP contribution in [-0.2, 0) is 10.0 Å². The first-order chi connectivity index (χ1) is 9.59. The van der Waals surface area contributed by atoms with E-state index >= 15 is 0 Å². The Balaban J connectivity index is 2.26. The summed E-state index contributed by atoms with van der Waals surface area (Å²) in [5.41, 5.74) is 2.36. The van der Waals surface area contributed by atoms with Crippen LogP contribution in [-0.4, -0.2) is 30.8 Å². The summed E-state index contributed by atoms with van der Waals surface area (Å²) in [6, 6.07) is 3.15. The highest BCUT2D eigenvalue weighted by atomic mass is 32.2. The molecule has 1 saturated heterocycles. The lowest BCUT2D eigenvalue weighted by atomic mass is 9.98. The first-order valence-electron chi connectivity index (χ1n) is 7.01. The molecule has 0 bridgehead atoms. The quantitative estimate of drug-likeness (QED) is 0.650. The van der Waals surface area contributed by atoms with E-state index in [1.54, 1.807) is 16.4 Å². The minimum atomic E-state index is -3.53. The molecule has 20 heavy (non-hydrogen) atoms. The number of aromatic nitrogens is 1. The summed E-state index contributed by atoms with van der Waals surface area (Å²) in [7, 11) is -3.53. The highest BCUT2D eigenvalue weighted by Gasteiger charge is 2.29. The molecule has 112 valence electrons. The number of hydrogen-bond donors (Lipinski definition) is 2. The zero-order valence-electron chi connectivity index (χ0n) is 11.7. The number of sulfonamides is 1. The highest BCUT2D eigenvalue weighted by Crippen LogP contribution is 2.27. The minimum absolute atomic E-state index is 0.150. The molecular formula is C13H22N4O2S. The van der Waals surface area contributed by atoms with Crippen LogP contribution >= 0.6 is 0 Å². The van der Waals surface area contributed by atoms with Gasteiger partial charge < -0.3 is 5.43 Å². The van der Waals surface area contributed by atoms with E-state index in [0.717, 1.165) is 25.7 Å². The third-order valence-corrected chi connectivity index (χ3v) is 5.84. The van der Waals surface area contributed by atoms with Crippen LogP contribution in [0.25, 0.3) is 0 Å². The number of hydrazine groups is 1. The summed E-state index contributed by atoms with van der Waals surface area (Å²) in [6.45, 7) is 3.30. The van der Waals surface area contributed by atoms with Crippen LogP contribution in [0.1, 0.15) is 32.6 Å². The van der Waals surface area contributed by atoms with Crippen molar-refractivity contribution in [2.75, 3.05) is 18.5 Å². The first-order valence-corrected chi connectivity index (χ1v) is 8.45. The lowest BCUT2D eigenvalue weighted by Gasteiger charge is -2.21. The molecule has 0 radical (unpaired) electrons. The minimum Gasteiger partial charge on any atom is -0.307 e. The summed E-state index contributed by atoms with van der Waals surface area (Å²) in [4.78, 5) is 4.12. The van der Waals surface area contributed by atoms with Crippen LogP contribution in [0.3, 0.4) is 0 Å². The van der Waals surface area contributed by atoms with E-state index in [4.69, 9.17) is 5.84 Å². The maximum Gasteiger partial charge on any atom is 0.246 e. The molecule has 0 amide bonds. The molecule has 1 fully saturated rings. The number of nitrogen functional groups attached to an aromatic ring is 1. The molecule has 0 saturated carbocycles. The number of pyridine rings is 1. The largest absolute Gasteiger partial charge is 0.307 e. The zero-order valence-corrected chi connectivity index (χ0v) is 12.6. The van der Waals surface area contributed by atoms with Crippen LogP contribution in [0.2, 0.25) is 0 Å². The molecular weight excluding hydrogens is 276 g/mol. The van der Waals surface area contributed by atoms with E-state index in [0.29, 0.717) is 19.0 Å². The normalized spacial score (nSPS) is 21.4. The average molecular weight is 298 g/mol. The Labute approximate surface area is 120 Å². The van der Waals surface area contributed by atoms with E-state index in [1.807, 2.05) is 0 Å². The molecule has 0 aliphatic carbocycles. The lowest BCUT2D eigenvalue weighted by molar-refractivity contribution is 0.407. The van der Waals surface area contributed by atoms with Crippen molar-refractivity contribution in [2.24, 2.45) is 11.8 Å². The third-order valence-electron chi connectivity index (χ3n) is 3.91. The second-order valence-corrected chi connectivity index (χ2v) is 7.01. The Kier molecular flexibility index (Phi) is 4.95. The maximum atomic E-state index is 12.7. The third kappa shape index (κ3) is 3.11. The Morgan fingerprint density at radius 3 is 2.95 bits per heavy atom. The van der Waals surface area contributed by atoms with Crippen molar-refractivity contribution < 1.29 is 8.42 Å². The van der Waals surface area contributed by atoms with Gasteiger partial charge in [0.2, 0.25) is 10.0 Å². The van der Waals surface area contributed by atoms with Gasteiger partial charge in [-0.05, 0) is 37.3 Å². The summed E-state index contributed by atoms with van der Waals surface area (Å²) in [6.07, 6.45) is 5.54. The average Bonchev–Trinajstić information content (AvgIpc) is 2.73. The number of rotatable bonds is 4. The molecule has 0 spiro atoms. The monoisotopic (exact) mass is 298 g/mol. The fourth-order valence-corrected chi connectivity index (χ4v) is 4.23. The molecule has 1 aromatic heterocycles. The Morgan fingerprint density at radius 2 is 2.25 bits per heavy atom. The van der Waals surface area contributed by atoms with Gasteiger partial charge in [-0.2, -0.15) is 4.31 Å². The summed E-state index contributed by atoms with van der Waals surface area (Å²) in [5, 5.41) is 0. The molecule has 1 atom stereocenters. The Bertz CT molecular complexity index is 547. The van der Waals surface area contributed by atoms with Crippen molar-refractivity contribution in [3.8, 4) is 0 Å². The predicted octanol–water partition coefficient (Wildman–Crippen LogP) is 1.57.